The van der Waals surface area contributed by atoms with Crippen molar-refractivity contribution < 1.29 is 28.7 Å². The van der Waals surface area contributed by atoms with Crippen LogP contribution in [0.15, 0.2) is 60.7 Å². The number of hydrogen-bond donors (Lipinski definition) is 2. The molecule has 2 aliphatic rings. The Hall–Kier alpha value is -4.54. The number of halogens is 2. The molecule has 1 unspecified atom stereocenters. The number of nitrogens with zero attached hydrogens (tertiary/aromatic N) is 3. The minimum absolute atomic E-state index is 0.0722. The van der Waals surface area contributed by atoms with Crippen molar-refractivity contribution in [1.29, 1.82) is 0 Å². The van der Waals surface area contributed by atoms with Crippen LogP contribution in [-0.2, 0) is 16.0 Å². The Morgan fingerprint density at radius 3 is 2.34 bits per heavy atom. The minimum Gasteiger partial charge on any atom is -0.478 e. The second-order valence-corrected chi connectivity index (χ2v) is 11.3. The van der Waals surface area contributed by atoms with Gasteiger partial charge in [0.15, 0.2) is 5.78 Å². The lowest BCUT2D eigenvalue weighted by molar-refractivity contribution is -0.135. The lowest BCUT2D eigenvalue weighted by Crippen LogP contribution is -2.47. The summed E-state index contributed by atoms with van der Waals surface area (Å²) < 4.78 is 14.9. The van der Waals surface area contributed by atoms with Gasteiger partial charge < -0.3 is 25.1 Å². The summed E-state index contributed by atoms with van der Waals surface area (Å²) in [5, 5.41) is 11.9. The second-order valence-electron chi connectivity index (χ2n) is 10.9. The number of benzene rings is 3. The Kier molecular flexibility index (Phi) is 9.12. The predicted octanol–water partition coefficient (Wildman–Crippen LogP) is 4.91. The molecule has 3 aromatic carbocycles. The number of ketones is 1. The van der Waals surface area contributed by atoms with Crippen LogP contribution in [0, 0.1) is 5.82 Å². The number of hydrogen-bond acceptors (Lipinski definition) is 6. The van der Waals surface area contributed by atoms with E-state index in [-0.39, 0.29) is 34.0 Å². The Morgan fingerprint density at radius 2 is 1.68 bits per heavy atom. The van der Waals surface area contributed by atoms with Crippen molar-refractivity contribution in [2.24, 2.45) is 0 Å². The van der Waals surface area contributed by atoms with E-state index in [1.165, 1.54) is 54.3 Å². The largest absolute Gasteiger partial charge is 0.478 e. The number of anilines is 2. The number of likely N-dealkylation sites (N-methyl/N-ethyl adjacent to an activating group) is 1. The Labute approximate surface area is 259 Å². The molecule has 5 rings (SSSR count). The highest BCUT2D eigenvalue weighted by molar-refractivity contribution is 6.31. The highest BCUT2D eigenvalue weighted by atomic mass is 35.5. The minimum atomic E-state index is -1.09. The SMILES string of the molecule is CC(=O)c1ccc(Cl)c(F)c1C=CC(=O)N1CCc2c(cccc2N2CCN(C)CC2)C1C(=O)Nc1ccc(C(=O)O)cc1. The topological polar surface area (TPSA) is 110 Å². The first-order chi connectivity index (χ1) is 21.0. The molecule has 2 N–H and O–H groups in total. The third kappa shape index (κ3) is 6.36. The van der Waals surface area contributed by atoms with Crippen molar-refractivity contribution in [2.75, 3.05) is 50.0 Å². The lowest BCUT2D eigenvalue weighted by atomic mass is 9.89. The van der Waals surface area contributed by atoms with E-state index in [1.54, 1.807) is 0 Å². The van der Waals surface area contributed by atoms with Crippen molar-refractivity contribution in [3.63, 3.8) is 0 Å². The maximum Gasteiger partial charge on any atom is 0.335 e. The highest BCUT2D eigenvalue weighted by Gasteiger charge is 2.37. The summed E-state index contributed by atoms with van der Waals surface area (Å²) in [4.78, 5) is 57.0. The van der Waals surface area contributed by atoms with Crippen molar-refractivity contribution >= 4 is 52.6 Å². The molecular weight excluding hydrogens is 587 g/mol. The Morgan fingerprint density at radius 1 is 0.977 bits per heavy atom. The normalized spacial score (nSPS) is 17.0. The van der Waals surface area contributed by atoms with Gasteiger partial charge in [0.25, 0.3) is 5.91 Å². The van der Waals surface area contributed by atoms with Crippen LogP contribution in [-0.4, -0.2) is 78.2 Å². The third-order valence-electron chi connectivity index (χ3n) is 8.08. The van der Waals surface area contributed by atoms with E-state index in [9.17, 15) is 28.7 Å². The van der Waals surface area contributed by atoms with Gasteiger partial charge in [-0.05, 0) is 80.1 Å². The summed E-state index contributed by atoms with van der Waals surface area (Å²) in [6, 6.07) is 13.2. The highest BCUT2D eigenvalue weighted by Crippen LogP contribution is 2.37. The molecule has 0 aromatic heterocycles. The number of piperazine rings is 1. The van der Waals surface area contributed by atoms with E-state index < -0.39 is 29.6 Å². The maximum atomic E-state index is 14.9. The van der Waals surface area contributed by atoms with Gasteiger partial charge in [0, 0.05) is 61.3 Å². The standard InChI is InChI=1S/C33H32ClFN4O5/c1-20(40)23-10-12-27(34)30(35)25(23)11-13-29(41)39-15-14-24-26(4-3-5-28(24)38-18-16-37(2)17-19-38)31(39)32(42)36-22-8-6-21(7-9-22)33(43)44/h3-13,31H,14-19H2,1-2H3,(H,36,42)(H,43,44). The second kappa shape index (κ2) is 13.0. The van der Waals surface area contributed by atoms with E-state index in [0.717, 1.165) is 43.5 Å². The summed E-state index contributed by atoms with van der Waals surface area (Å²) in [6.45, 7) is 4.97. The maximum absolute atomic E-state index is 14.9. The number of carboxylic acid groups (broad SMARTS) is 1. The molecule has 0 radical (unpaired) electrons. The molecule has 0 aliphatic carbocycles. The molecule has 11 heteroatoms. The number of carboxylic acids is 1. The summed E-state index contributed by atoms with van der Waals surface area (Å²) in [5.41, 5.74) is 3.09. The van der Waals surface area contributed by atoms with Crippen LogP contribution in [0.4, 0.5) is 15.8 Å². The number of nitrogens with one attached hydrogen (secondary N) is 1. The number of carbonyl (C=O) groups is 4. The van der Waals surface area contributed by atoms with Crippen LogP contribution < -0.4 is 10.2 Å². The van der Waals surface area contributed by atoms with Crippen molar-refractivity contribution in [3.05, 3.63) is 99.3 Å². The smallest absolute Gasteiger partial charge is 0.335 e. The van der Waals surface area contributed by atoms with Gasteiger partial charge in [0.2, 0.25) is 5.91 Å². The van der Waals surface area contributed by atoms with Crippen LogP contribution in [0.3, 0.4) is 0 Å². The van der Waals surface area contributed by atoms with Gasteiger partial charge in [-0.3, -0.25) is 14.4 Å². The zero-order valence-electron chi connectivity index (χ0n) is 24.3. The fourth-order valence-corrected chi connectivity index (χ4v) is 5.87. The van der Waals surface area contributed by atoms with Gasteiger partial charge in [-0.2, -0.15) is 0 Å². The van der Waals surface area contributed by atoms with Crippen LogP contribution in [0.25, 0.3) is 6.08 Å². The fourth-order valence-electron chi connectivity index (χ4n) is 5.71. The van der Waals surface area contributed by atoms with Crippen LogP contribution in [0.1, 0.15) is 50.4 Å². The summed E-state index contributed by atoms with van der Waals surface area (Å²) in [7, 11) is 2.08. The van der Waals surface area contributed by atoms with Gasteiger partial charge >= 0.3 is 5.97 Å². The molecular formula is C33H32ClFN4O5. The Bertz CT molecular complexity index is 1650. The number of carbonyl (C=O) groups excluding carboxylic acids is 3. The van der Waals surface area contributed by atoms with E-state index in [0.29, 0.717) is 17.7 Å². The number of fused-ring (bicyclic) bond motifs is 1. The van der Waals surface area contributed by atoms with E-state index in [2.05, 4.69) is 22.2 Å². The zero-order chi connectivity index (χ0) is 31.5. The molecule has 2 aliphatic heterocycles. The number of aromatic carboxylic acids is 1. The van der Waals surface area contributed by atoms with Crippen LogP contribution in [0.5, 0.6) is 0 Å². The monoisotopic (exact) mass is 618 g/mol. The first-order valence-electron chi connectivity index (χ1n) is 14.2. The first kappa shape index (κ1) is 30.9. The zero-order valence-corrected chi connectivity index (χ0v) is 25.1. The molecule has 0 bridgehead atoms. The van der Waals surface area contributed by atoms with Crippen molar-refractivity contribution in [3.8, 4) is 0 Å². The van der Waals surface area contributed by atoms with Crippen molar-refractivity contribution in [1.82, 2.24) is 9.80 Å². The molecule has 44 heavy (non-hydrogen) atoms. The average molecular weight is 619 g/mol. The summed E-state index contributed by atoms with van der Waals surface area (Å²) >= 11 is 5.96. The van der Waals surface area contributed by atoms with E-state index >= 15 is 0 Å². The molecule has 0 spiro atoms. The lowest BCUT2D eigenvalue weighted by Gasteiger charge is -2.40. The van der Waals surface area contributed by atoms with Crippen LogP contribution >= 0.6 is 11.6 Å². The molecule has 2 amide bonds. The van der Waals surface area contributed by atoms with Crippen molar-refractivity contribution in [2.45, 2.75) is 19.4 Å². The fraction of sp³-hybridized carbons (Fsp3) is 0.273. The molecule has 1 atom stereocenters. The summed E-state index contributed by atoms with van der Waals surface area (Å²) in [5.74, 6) is -3.32. The molecule has 0 saturated carbocycles. The molecule has 1 saturated heterocycles. The van der Waals surface area contributed by atoms with Gasteiger partial charge in [-0.15, -0.1) is 0 Å². The number of rotatable bonds is 7. The molecule has 1 fully saturated rings. The molecule has 228 valence electrons. The molecule has 3 aromatic rings. The van der Waals surface area contributed by atoms with Gasteiger partial charge in [0.1, 0.15) is 11.9 Å². The molecule has 9 nitrogen and oxygen atoms in total. The predicted molar refractivity (Wildman–Crippen MR) is 167 cm³/mol. The van der Waals surface area contributed by atoms with E-state index in [4.69, 9.17) is 11.6 Å². The van der Waals surface area contributed by atoms with Gasteiger partial charge in [-0.25, -0.2) is 9.18 Å². The van der Waals surface area contributed by atoms with Gasteiger partial charge in [0.05, 0.1) is 10.6 Å². The third-order valence-corrected chi connectivity index (χ3v) is 8.37. The average Bonchev–Trinajstić information content (AvgIpc) is 3.01. The Balaban J connectivity index is 1.51. The number of amides is 2. The number of Topliss-reactive ketones (excluding diaryl/α,β-unsaturated/α-hetero) is 1. The quantitative estimate of drug-likeness (QED) is 0.286. The summed E-state index contributed by atoms with van der Waals surface area (Å²) in [6.07, 6.45) is 2.87. The first-order valence-corrected chi connectivity index (χ1v) is 14.6. The van der Waals surface area contributed by atoms with Crippen LogP contribution in [0.2, 0.25) is 5.02 Å². The van der Waals surface area contributed by atoms with Gasteiger partial charge in [-0.1, -0.05) is 23.7 Å². The molecule has 2 heterocycles. The van der Waals surface area contributed by atoms with E-state index in [1.807, 2.05) is 18.2 Å².